The first-order valence-electron chi connectivity index (χ1n) is 7.93. The Morgan fingerprint density at radius 1 is 1.27 bits per heavy atom. The van der Waals surface area contributed by atoms with Crippen molar-refractivity contribution in [2.45, 2.75) is 26.0 Å². The Balaban J connectivity index is 1.89. The largest absolute Gasteiger partial charge is 0.394 e. The highest BCUT2D eigenvalue weighted by Crippen LogP contribution is 2.33. The van der Waals surface area contributed by atoms with E-state index in [1.807, 2.05) is 13.8 Å². The number of aliphatic hydroxyl groups is 2. The molecule has 0 aliphatic carbocycles. The van der Waals surface area contributed by atoms with Crippen molar-refractivity contribution in [1.82, 2.24) is 9.97 Å². The van der Waals surface area contributed by atoms with Crippen molar-refractivity contribution >= 4 is 33.1 Å². The van der Waals surface area contributed by atoms with Crippen LogP contribution in [0.1, 0.15) is 22.1 Å². The molecule has 1 aromatic carbocycles. The van der Waals surface area contributed by atoms with Gasteiger partial charge >= 0.3 is 0 Å². The third-order valence-electron chi connectivity index (χ3n) is 4.31. The van der Waals surface area contributed by atoms with E-state index in [1.54, 1.807) is 11.3 Å². The number of aryl methyl sites for hydroxylation is 2. The van der Waals surface area contributed by atoms with Gasteiger partial charge in [-0.1, -0.05) is 0 Å². The molecular weight excluding hydrogens is 356 g/mol. The Bertz CT molecular complexity index is 942. The number of nitro benzene ring substituents is 1. The molecule has 0 saturated carbocycles. The number of hydrogen-bond donors (Lipinski definition) is 3. The van der Waals surface area contributed by atoms with Gasteiger partial charge in [-0.3, -0.25) is 10.1 Å². The lowest BCUT2D eigenvalue weighted by Crippen LogP contribution is -2.31. The van der Waals surface area contributed by atoms with Crippen molar-refractivity contribution in [1.29, 1.82) is 0 Å². The van der Waals surface area contributed by atoms with Gasteiger partial charge in [-0.05, 0) is 37.1 Å². The fraction of sp³-hybridized carbons (Fsp3) is 0.294. The molecule has 3 rings (SSSR count). The van der Waals surface area contributed by atoms with Gasteiger partial charge < -0.3 is 15.5 Å². The summed E-state index contributed by atoms with van der Waals surface area (Å²) in [6, 6.07) is 4.87. The average molecular weight is 374 g/mol. The number of nitrogens with zero attached hydrogens (tertiary/aromatic N) is 3. The summed E-state index contributed by atoms with van der Waals surface area (Å²) in [6.45, 7) is 3.63. The normalized spacial score (nSPS) is 13.5. The first kappa shape index (κ1) is 18.2. The molecule has 9 heteroatoms. The number of fused-ring (bicyclic) bond motifs is 1. The number of benzene rings is 1. The zero-order chi connectivity index (χ0) is 18.8. The van der Waals surface area contributed by atoms with E-state index in [4.69, 9.17) is 0 Å². The van der Waals surface area contributed by atoms with Crippen LogP contribution in [-0.2, 0) is 0 Å². The molecule has 2 atom stereocenters. The predicted molar refractivity (Wildman–Crippen MR) is 99.4 cm³/mol. The van der Waals surface area contributed by atoms with E-state index in [2.05, 4.69) is 15.3 Å². The van der Waals surface area contributed by atoms with Crippen molar-refractivity contribution in [2.24, 2.45) is 0 Å². The van der Waals surface area contributed by atoms with E-state index >= 15 is 0 Å². The predicted octanol–water partition coefficient (Wildman–Crippen LogP) is 2.72. The summed E-state index contributed by atoms with van der Waals surface area (Å²) in [5.74, 6) is 0.539. The van der Waals surface area contributed by atoms with Gasteiger partial charge in [0.1, 0.15) is 23.1 Å². The van der Waals surface area contributed by atoms with Crippen molar-refractivity contribution in [2.75, 3.05) is 11.9 Å². The molecule has 8 nitrogen and oxygen atoms in total. The molecule has 0 fully saturated rings. The van der Waals surface area contributed by atoms with E-state index in [1.165, 1.54) is 30.6 Å². The summed E-state index contributed by atoms with van der Waals surface area (Å²) in [4.78, 5) is 20.7. The van der Waals surface area contributed by atoms with Gasteiger partial charge in [0, 0.05) is 17.0 Å². The molecule has 0 aliphatic rings. The van der Waals surface area contributed by atoms with Gasteiger partial charge in [-0.2, -0.15) is 0 Å². The molecule has 0 aliphatic heterocycles. The third kappa shape index (κ3) is 3.36. The minimum absolute atomic E-state index is 0.0589. The summed E-state index contributed by atoms with van der Waals surface area (Å²) < 4.78 is 0. The molecule has 3 aromatic rings. The summed E-state index contributed by atoms with van der Waals surface area (Å²) in [5, 5.41) is 35.0. The standard InChI is InChI=1S/C17H18N4O4S/c1-9-10(2)26-17-14(9)16(18-8-19-17)20-13(7-22)15(23)11-3-5-12(6-4-11)21(24)25/h3-6,8,13,15,22-23H,7H2,1-2H3,(H,18,19,20)/t13-,15-/m1/s1. The SMILES string of the molecule is Cc1sc2ncnc(N[C@H](CO)[C@H](O)c3ccc([N+](=O)[O-])cc3)c2c1C. The molecule has 0 amide bonds. The van der Waals surface area contributed by atoms with Gasteiger partial charge in [0.25, 0.3) is 5.69 Å². The summed E-state index contributed by atoms with van der Waals surface area (Å²) in [5.41, 5.74) is 1.46. The van der Waals surface area contributed by atoms with Crippen LogP contribution >= 0.6 is 11.3 Å². The Labute approximate surface area is 153 Å². The van der Waals surface area contributed by atoms with Gasteiger partial charge in [0.15, 0.2) is 0 Å². The fourth-order valence-electron chi connectivity index (χ4n) is 2.72. The zero-order valence-electron chi connectivity index (χ0n) is 14.2. The summed E-state index contributed by atoms with van der Waals surface area (Å²) in [7, 11) is 0. The van der Waals surface area contributed by atoms with Crippen LogP contribution in [0.2, 0.25) is 0 Å². The minimum Gasteiger partial charge on any atom is -0.394 e. The molecule has 0 unspecified atom stereocenters. The van der Waals surface area contributed by atoms with Crippen molar-refractivity contribution in [3.63, 3.8) is 0 Å². The molecule has 0 saturated heterocycles. The fourth-order valence-corrected chi connectivity index (χ4v) is 3.71. The summed E-state index contributed by atoms with van der Waals surface area (Å²) >= 11 is 1.56. The van der Waals surface area contributed by atoms with E-state index in [-0.39, 0.29) is 12.3 Å². The molecule has 0 radical (unpaired) electrons. The van der Waals surface area contributed by atoms with Crippen LogP contribution in [0.15, 0.2) is 30.6 Å². The van der Waals surface area contributed by atoms with Crippen molar-refractivity contribution in [3.05, 3.63) is 56.7 Å². The van der Waals surface area contributed by atoms with Crippen molar-refractivity contribution in [3.8, 4) is 0 Å². The van der Waals surface area contributed by atoms with Crippen LogP contribution in [0.5, 0.6) is 0 Å². The highest BCUT2D eigenvalue weighted by Gasteiger charge is 2.23. The van der Waals surface area contributed by atoms with Crippen LogP contribution in [0.25, 0.3) is 10.2 Å². The second-order valence-corrected chi connectivity index (χ2v) is 7.12. The smallest absolute Gasteiger partial charge is 0.269 e. The number of aromatic nitrogens is 2. The van der Waals surface area contributed by atoms with Crippen molar-refractivity contribution < 1.29 is 15.1 Å². The molecule has 2 aromatic heterocycles. The van der Waals surface area contributed by atoms with E-state index < -0.39 is 17.1 Å². The molecule has 136 valence electrons. The number of rotatable bonds is 6. The number of aliphatic hydroxyl groups excluding tert-OH is 2. The first-order valence-corrected chi connectivity index (χ1v) is 8.74. The molecule has 2 heterocycles. The topological polar surface area (TPSA) is 121 Å². The molecule has 3 N–H and O–H groups in total. The number of nitrogens with one attached hydrogen (secondary N) is 1. The lowest BCUT2D eigenvalue weighted by atomic mass is 10.0. The third-order valence-corrected chi connectivity index (χ3v) is 5.43. The van der Waals surface area contributed by atoms with Crippen LogP contribution < -0.4 is 5.32 Å². The maximum Gasteiger partial charge on any atom is 0.269 e. The molecular formula is C17H18N4O4S. The number of hydrogen-bond acceptors (Lipinski definition) is 8. The first-order chi connectivity index (χ1) is 12.4. The molecule has 0 spiro atoms. The average Bonchev–Trinajstić information content (AvgIpc) is 2.94. The van der Waals surface area contributed by atoms with Crippen LogP contribution in [-0.4, -0.2) is 37.8 Å². The van der Waals surface area contributed by atoms with Crippen LogP contribution in [0, 0.1) is 24.0 Å². The maximum absolute atomic E-state index is 10.7. The lowest BCUT2D eigenvalue weighted by Gasteiger charge is -2.23. The van der Waals surface area contributed by atoms with Gasteiger partial charge in [0.2, 0.25) is 0 Å². The highest BCUT2D eigenvalue weighted by molar-refractivity contribution is 7.18. The quantitative estimate of drug-likeness (QED) is 0.448. The molecule has 0 bridgehead atoms. The highest BCUT2D eigenvalue weighted by atomic mass is 32.1. The van der Waals surface area contributed by atoms with Crippen LogP contribution in [0.4, 0.5) is 11.5 Å². The maximum atomic E-state index is 10.7. The number of thiophene rings is 1. The molecule has 26 heavy (non-hydrogen) atoms. The second kappa shape index (κ2) is 7.32. The number of non-ortho nitro benzene ring substituents is 1. The Kier molecular flexibility index (Phi) is 5.12. The Hall–Kier alpha value is -2.62. The second-order valence-electron chi connectivity index (χ2n) is 5.91. The Morgan fingerprint density at radius 2 is 1.96 bits per heavy atom. The summed E-state index contributed by atoms with van der Waals surface area (Å²) in [6.07, 6.45) is 0.373. The Morgan fingerprint density at radius 3 is 2.58 bits per heavy atom. The number of anilines is 1. The zero-order valence-corrected chi connectivity index (χ0v) is 15.0. The van der Waals surface area contributed by atoms with E-state index in [0.29, 0.717) is 11.4 Å². The minimum atomic E-state index is -1.06. The van der Waals surface area contributed by atoms with Gasteiger partial charge in [-0.25, -0.2) is 9.97 Å². The van der Waals surface area contributed by atoms with Crippen LogP contribution in [0.3, 0.4) is 0 Å². The van der Waals surface area contributed by atoms with E-state index in [0.717, 1.165) is 20.7 Å². The number of nitro groups is 1. The monoisotopic (exact) mass is 374 g/mol. The lowest BCUT2D eigenvalue weighted by molar-refractivity contribution is -0.384. The van der Waals surface area contributed by atoms with Gasteiger partial charge in [0.05, 0.1) is 23.0 Å². The van der Waals surface area contributed by atoms with Gasteiger partial charge in [-0.15, -0.1) is 11.3 Å². The van der Waals surface area contributed by atoms with E-state index in [9.17, 15) is 20.3 Å².